The number of rotatable bonds is 5. The Morgan fingerprint density at radius 3 is 2.14 bits per heavy atom. The van der Waals surface area contributed by atoms with Gasteiger partial charge in [0.15, 0.2) is 5.78 Å². The summed E-state index contributed by atoms with van der Waals surface area (Å²) in [6.07, 6.45) is 0.638. The van der Waals surface area contributed by atoms with E-state index >= 15 is 0 Å². The van der Waals surface area contributed by atoms with Crippen molar-refractivity contribution < 1.29 is 11.0 Å². The molecule has 2 aromatic rings. The molecule has 8 rings (SSSR count). The average molecular weight is 406 g/mol. The van der Waals surface area contributed by atoms with Gasteiger partial charge < -0.3 is 0 Å². The molecule has 2 nitrogen and oxygen atoms in total. The van der Waals surface area contributed by atoms with Crippen LogP contribution in [-0.4, -0.2) is 21.6 Å². The van der Waals surface area contributed by atoms with E-state index in [0.29, 0.717) is 30.0 Å². The Bertz CT molecular complexity index is 1050. The number of ketones is 2. The molecule has 140 valence electrons. The van der Waals surface area contributed by atoms with E-state index in [2.05, 4.69) is 12.1 Å². The predicted octanol–water partition coefficient (Wildman–Crippen LogP) is 4.59. The van der Waals surface area contributed by atoms with E-state index in [1.807, 2.05) is 48.5 Å². The lowest BCUT2D eigenvalue weighted by molar-refractivity contribution is -0.121. The highest BCUT2D eigenvalue weighted by molar-refractivity contribution is 8.02. The number of thioether (sulfide) groups is 2. The molecule has 6 saturated carbocycles. The molecule has 0 aliphatic heterocycles. The summed E-state index contributed by atoms with van der Waals surface area (Å²) in [6, 6.07) is 20.2. The van der Waals surface area contributed by atoms with Gasteiger partial charge in [-0.2, -0.15) is 0 Å². The topological polar surface area (TPSA) is 34.1 Å². The molecular formula is C24H20O2S2. The number of Topliss-reactive ketones (excluding diaryl/α,β-unsaturated/α-hetero) is 2. The second-order valence-corrected chi connectivity index (χ2v) is 11.4. The first-order valence-corrected chi connectivity index (χ1v) is 11.8. The van der Waals surface area contributed by atoms with Crippen LogP contribution in [0.25, 0.3) is 0 Å². The fraction of sp³-hybridized carbons (Fsp3) is 0.417. The maximum atomic E-state index is 13.7. The molecule has 0 amide bonds. The third kappa shape index (κ3) is 1.94. The van der Waals surface area contributed by atoms with Crippen LogP contribution in [0.2, 0.25) is 0 Å². The third-order valence-corrected chi connectivity index (χ3v) is 10.4. The van der Waals surface area contributed by atoms with E-state index in [4.69, 9.17) is 0 Å². The van der Waals surface area contributed by atoms with Crippen molar-refractivity contribution in [3.8, 4) is 0 Å². The number of hydrogen-bond acceptors (Lipinski definition) is 4. The van der Waals surface area contributed by atoms with E-state index in [1.165, 1.54) is 0 Å². The number of fused-ring (bicyclic) bond motifs is 2. The molecular weight excluding hydrogens is 384 g/mol. The van der Waals surface area contributed by atoms with Crippen LogP contribution in [0.4, 0.5) is 0 Å². The Kier molecular flexibility index (Phi) is 2.92. The number of benzene rings is 2. The Labute approximate surface area is 174 Å². The minimum absolute atomic E-state index is 0.178. The lowest BCUT2D eigenvalue weighted by Gasteiger charge is -2.38. The van der Waals surface area contributed by atoms with Gasteiger partial charge in [-0.15, -0.1) is 23.5 Å². The summed E-state index contributed by atoms with van der Waals surface area (Å²) in [5.74, 6) is 1.11. The summed E-state index contributed by atoms with van der Waals surface area (Å²) >= 11 is 3.28. The maximum Gasteiger partial charge on any atom is 0.153 e. The van der Waals surface area contributed by atoms with Gasteiger partial charge in [-0.3, -0.25) is 9.59 Å². The highest BCUT2D eigenvalue weighted by atomic mass is 32.2. The molecule has 9 atom stereocenters. The van der Waals surface area contributed by atoms with E-state index in [9.17, 15) is 11.0 Å². The van der Waals surface area contributed by atoms with Crippen LogP contribution in [0.5, 0.6) is 0 Å². The van der Waals surface area contributed by atoms with E-state index in [1.54, 1.807) is 23.5 Å². The molecule has 6 fully saturated rings. The molecule has 0 spiro atoms. The summed E-state index contributed by atoms with van der Waals surface area (Å²) in [5, 5.41) is -0.285. The lowest BCUT2D eigenvalue weighted by atomic mass is 9.83. The van der Waals surface area contributed by atoms with Crippen LogP contribution < -0.4 is 0 Å². The van der Waals surface area contributed by atoms with Crippen molar-refractivity contribution in [3.63, 3.8) is 0 Å². The molecule has 0 saturated heterocycles. The van der Waals surface area contributed by atoms with Crippen molar-refractivity contribution in [2.75, 3.05) is 0 Å². The van der Waals surface area contributed by atoms with E-state index in [0.717, 1.165) is 9.79 Å². The largest absolute Gasteiger partial charge is 0.298 e. The van der Waals surface area contributed by atoms with Gasteiger partial charge in [0, 0.05) is 28.9 Å². The predicted molar refractivity (Wildman–Crippen MR) is 110 cm³/mol. The first kappa shape index (κ1) is 15.3. The Morgan fingerprint density at radius 1 is 0.893 bits per heavy atom. The van der Waals surface area contributed by atoms with E-state index < -0.39 is 10.6 Å². The van der Waals surface area contributed by atoms with Crippen LogP contribution in [0, 0.1) is 41.4 Å². The lowest BCUT2D eigenvalue weighted by Crippen LogP contribution is -2.46. The molecule has 0 aromatic heterocycles. The number of hydrogen-bond donors (Lipinski definition) is 0. The summed E-state index contributed by atoms with van der Waals surface area (Å²) in [5.41, 5.74) is 0. The molecule has 0 radical (unpaired) electrons. The van der Waals surface area contributed by atoms with Crippen LogP contribution in [0.3, 0.4) is 0 Å². The fourth-order valence-corrected chi connectivity index (χ4v) is 9.51. The van der Waals surface area contributed by atoms with Gasteiger partial charge in [-0.25, -0.2) is 0 Å². The maximum absolute atomic E-state index is 13.7. The smallest absolute Gasteiger partial charge is 0.153 e. The van der Waals surface area contributed by atoms with Crippen molar-refractivity contribution in [1.29, 1.82) is 0 Å². The van der Waals surface area contributed by atoms with Gasteiger partial charge >= 0.3 is 0 Å². The summed E-state index contributed by atoms with van der Waals surface area (Å²) in [4.78, 5) is 29.1. The molecule has 2 unspecified atom stereocenters. The summed E-state index contributed by atoms with van der Waals surface area (Å²) < 4.78 is 8.62. The van der Waals surface area contributed by atoms with Crippen LogP contribution >= 0.6 is 23.5 Å². The second kappa shape index (κ2) is 5.34. The Balaban J connectivity index is 1.34. The van der Waals surface area contributed by atoms with Crippen molar-refractivity contribution in [2.45, 2.75) is 26.2 Å². The number of carbonyl (C=O) groups is 2. The third-order valence-electron chi connectivity index (χ3n) is 7.56. The molecule has 4 heteroatoms. The molecule has 0 N–H and O–H groups in total. The van der Waals surface area contributed by atoms with Crippen molar-refractivity contribution in [3.05, 3.63) is 60.7 Å². The SMILES string of the molecule is [2H][C@]12C[C@H]1C(=O)[C@@H](Sc1ccccc1)[C@@H]2[C@@]1(Sc2ccccc2)C(=O)C2[C@@H]3C1[C@H]23. The standard InChI is InChI=1S/C24H20O2S2/c25-21-15-11-14(15)19(22(21)27-12-7-3-1-4-8-12)24(28-13-9-5-2-6-10-13)20-16-17(20)18(16)23(24)26/h1-10,14-20,22H,11H2/t14-,15+,16-,17+,18?,19+,20?,22-,24-/m0/s1/i14D. The minimum atomic E-state index is -0.752. The summed E-state index contributed by atoms with van der Waals surface area (Å²) in [6.45, 7) is 0. The van der Waals surface area contributed by atoms with Crippen LogP contribution in [0.1, 0.15) is 7.79 Å². The molecule has 6 aliphatic carbocycles. The van der Waals surface area contributed by atoms with Gasteiger partial charge in [-0.1, -0.05) is 36.4 Å². The average Bonchev–Trinajstić information content (AvgIpc) is 3.65. The van der Waals surface area contributed by atoms with Gasteiger partial charge in [0.1, 0.15) is 5.78 Å². The first-order valence-electron chi connectivity index (χ1n) is 10.6. The normalized spacial score (nSPS) is 49.4. The first-order chi connectivity index (χ1) is 14.1. The van der Waals surface area contributed by atoms with Crippen LogP contribution in [0.15, 0.2) is 70.5 Å². The quantitative estimate of drug-likeness (QED) is 0.729. The highest BCUT2D eigenvalue weighted by Gasteiger charge is 2.92. The molecule has 6 aliphatic rings. The second-order valence-electron chi connectivity index (χ2n) is 8.84. The zero-order chi connectivity index (χ0) is 19.5. The molecule has 2 bridgehead atoms. The molecule has 0 heterocycles. The zero-order valence-electron chi connectivity index (χ0n) is 16.2. The van der Waals surface area contributed by atoms with Gasteiger partial charge in [0.05, 0.1) is 10.00 Å². The van der Waals surface area contributed by atoms with E-state index in [-0.39, 0.29) is 28.8 Å². The highest BCUT2D eigenvalue weighted by Crippen LogP contribution is 2.88. The van der Waals surface area contributed by atoms with Crippen LogP contribution in [-0.2, 0) is 9.59 Å². The monoisotopic (exact) mass is 405 g/mol. The molecule has 2 aromatic carbocycles. The molecule has 28 heavy (non-hydrogen) atoms. The Morgan fingerprint density at radius 2 is 1.54 bits per heavy atom. The van der Waals surface area contributed by atoms with Crippen molar-refractivity contribution in [1.82, 2.24) is 0 Å². The minimum Gasteiger partial charge on any atom is -0.298 e. The number of carbonyl (C=O) groups excluding carboxylic acids is 2. The Hall–Kier alpha value is -1.52. The van der Waals surface area contributed by atoms with Gasteiger partial charge in [-0.05, 0) is 54.3 Å². The summed E-state index contributed by atoms with van der Waals surface area (Å²) in [7, 11) is 0. The fourth-order valence-electron chi connectivity index (χ4n) is 6.22. The van der Waals surface area contributed by atoms with Crippen molar-refractivity contribution in [2.24, 2.45) is 41.4 Å². The van der Waals surface area contributed by atoms with Gasteiger partial charge in [0.2, 0.25) is 0 Å². The van der Waals surface area contributed by atoms with Gasteiger partial charge in [0.25, 0.3) is 0 Å². The van der Waals surface area contributed by atoms with Crippen molar-refractivity contribution >= 4 is 35.1 Å². The zero-order valence-corrected chi connectivity index (χ0v) is 16.8.